The van der Waals surface area contributed by atoms with Crippen molar-refractivity contribution in [2.24, 2.45) is 0 Å². The van der Waals surface area contributed by atoms with Gasteiger partial charge in [0.15, 0.2) is 0 Å². The maximum atomic E-state index is 5.53. The summed E-state index contributed by atoms with van der Waals surface area (Å²) in [6.07, 6.45) is 1.88. The van der Waals surface area contributed by atoms with Gasteiger partial charge in [-0.3, -0.25) is 14.8 Å². The molecule has 5 heterocycles. The normalized spacial score (nSPS) is 17.8. The molecule has 0 aliphatic carbocycles. The summed E-state index contributed by atoms with van der Waals surface area (Å²) in [5, 5.41) is 3.43. The molecule has 1 aromatic carbocycles. The predicted molar refractivity (Wildman–Crippen MR) is 141 cm³/mol. The number of benzene rings is 1. The molecule has 0 unspecified atom stereocenters. The van der Waals surface area contributed by atoms with E-state index in [1.54, 1.807) is 11.3 Å². The zero-order valence-corrected chi connectivity index (χ0v) is 20.7. The summed E-state index contributed by atoms with van der Waals surface area (Å²) < 4.78 is 5.53. The Morgan fingerprint density at radius 3 is 2.34 bits per heavy atom. The van der Waals surface area contributed by atoms with Crippen molar-refractivity contribution in [3.63, 3.8) is 0 Å². The van der Waals surface area contributed by atoms with Gasteiger partial charge in [0, 0.05) is 63.0 Å². The third-order valence-corrected chi connectivity index (χ3v) is 7.67. The van der Waals surface area contributed by atoms with Crippen LogP contribution < -0.4 is 4.90 Å². The van der Waals surface area contributed by atoms with E-state index in [0.717, 1.165) is 87.7 Å². The van der Waals surface area contributed by atoms with Crippen molar-refractivity contribution >= 4 is 27.4 Å². The van der Waals surface area contributed by atoms with Crippen LogP contribution in [0.15, 0.2) is 60.1 Å². The van der Waals surface area contributed by atoms with Crippen LogP contribution in [0.4, 0.5) is 5.82 Å². The second-order valence-corrected chi connectivity index (χ2v) is 9.99. The number of pyridine rings is 1. The van der Waals surface area contributed by atoms with Gasteiger partial charge in [-0.2, -0.15) is 0 Å². The summed E-state index contributed by atoms with van der Waals surface area (Å²) >= 11 is 1.73. The first-order valence-corrected chi connectivity index (χ1v) is 13.2. The Hall–Kier alpha value is -2.91. The van der Waals surface area contributed by atoms with Gasteiger partial charge >= 0.3 is 0 Å². The van der Waals surface area contributed by atoms with E-state index in [2.05, 4.69) is 67.5 Å². The fourth-order valence-corrected chi connectivity index (χ4v) is 5.85. The predicted octanol–water partition coefficient (Wildman–Crippen LogP) is 3.91. The number of ether oxygens (including phenoxy) is 1. The highest BCUT2D eigenvalue weighted by Crippen LogP contribution is 2.38. The first-order chi connectivity index (χ1) is 17.3. The monoisotopic (exact) mass is 486 g/mol. The Labute approximate surface area is 210 Å². The minimum Gasteiger partial charge on any atom is -0.379 e. The molecule has 0 bridgehead atoms. The van der Waals surface area contributed by atoms with Crippen molar-refractivity contribution in [2.75, 3.05) is 57.4 Å². The number of hydrogen-bond acceptors (Lipinski definition) is 8. The first-order valence-electron chi connectivity index (χ1n) is 12.3. The summed E-state index contributed by atoms with van der Waals surface area (Å²) in [4.78, 5) is 23.1. The van der Waals surface area contributed by atoms with Crippen LogP contribution in [0.1, 0.15) is 11.5 Å². The van der Waals surface area contributed by atoms with E-state index in [1.807, 2.05) is 12.3 Å². The maximum Gasteiger partial charge on any atom is 0.146 e. The van der Waals surface area contributed by atoms with E-state index in [4.69, 9.17) is 14.7 Å². The van der Waals surface area contributed by atoms with Crippen LogP contribution in [0.3, 0.4) is 0 Å². The topological polar surface area (TPSA) is 57.6 Å². The van der Waals surface area contributed by atoms with E-state index in [0.29, 0.717) is 0 Å². The van der Waals surface area contributed by atoms with Crippen LogP contribution in [0.5, 0.6) is 0 Å². The molecule has 3 aromatic heterocycles. The van der Waals surface area contributed by atoms with Crippen molar-refractivity contribution in [2.45, 2.75) is 13.1 Å². The fraction of sp³-hybridized carbons (Fsp3) is 0.370. The summed E-state index contributed by atoms with van der Waals surface area (Å²) in [7, 11) is 0. The molecule has 4 aromatic rings. The highest BCUT2D eigenvalue weighted by Gasteiger charge is 2.24. The van der Waals surface area contributed by atoms with Crippen LogP contribution in [0.25, 0.3) is 21.3 Å². The molecule has 0 N–H and O–H groups in total. The van der Waals surface area contributed by atoms with Gasteiger partial charge < -0.3 is 9.64 Å². The molecule has 6 rings (SSSR count). The van der Waals surface area contributed by atoms with Gasteiger partial charge in [-0.1, -0.05) is 36.4 Å². The lowest BCUT2D eigenvalue weighted by Gasteiger charge is -2.36. The average molecular weight is 487 g/mol. The molecule has 2 aliphatic rings. The second-order valence-electron chi connectivity index (χ2n) is 9.13. The SMILES string of the molecule is c1ccc(-c2csc3nc(CN4CCOCC4)nc(N4CCN(Cc5ccccn5)CC4)c23)cc1. The Morgan fingerprint density at radius 1 is 0.800 bits per heavy atom. The van der Waals surface area contributed by atoms with E-state index >= 15 is 0 Å². The van der Waals surface area contributed by atoms with Crippen molar-refractivity contribution in [3.05, 3.63) is 71.6 Å². The third-order valence-electron chi connectivity index (χ3n) is 6.80. The lowest BCUT2D eigenvalue weighted by atomic mass is 10.1. The molecule has 8 heteroatoms. The Morgan fingerprint density at radius 2 is 1.57 bits per heavy atom. The van der Waals surface area contributed by atoms with Crippen LogP contribution in [-0.2, 0) is 17.8 Å². The smallest absolute Gasteiger partial charge is 0.146 e. The number of thiophene rings is 1. The van der Waals surface area contributed by atoms with Gasteiger partial charge in [-0.15, -0.1) is 11.3 Å². The number of morpholine rings is 1. The summed E-state index contributed by atoms with van der Waals surface area (Å²) in [6.45, 7) is 8.96. The zero-order chi connectivity index (χ0) is 23.5. The van der Waals surface area contributed by atoms with Crippen LogP contribution >= 0.6 is 11.3 Å². The Balaban J connectivity index is 1.30. The molecule has 35 heavy (non-hydrogen) atoms. The van der Waals surface area contributed by atoms with Crippen LogP contribution in [0, 0.1) is 0 Å². The lowest BCUT2D eigenvalue weighted by molar-refractivity contribution is 0.0331. The van der Waals surface area contributed by atoms with Crippen molar-refractivity contribution in [1.82, 2.24) is 24.8 Å². The number of aromatic nitrogens is 3. The van der Waals surface area contributed by atoms with E-state index < -0.39 is 0 Å². The highest BCUT2D eigenvalue weighted by atomic mass is 32.1. The molecular weight excluding hydrogens is 456 g/mol. The molecule has 2 aliphatic heterocycles. The van der Waals surface area contributed by atoms with Crippen molar-refractivity contribution < 1.29 is 4.74 Å². The lowest BCUT2D eigenvalue weighted by Crippen LogP contribution is -2.46. The first kappa shape index (κ1) is 22.5. The molecular formula is C27H30N6OS. The number of hydrogen-bond donors (Lipinski definition) is 0. The van der Waals surface area contributed by atoms with Crippen LogP contribution in [-0.4, -0.2) is 77.2 Å². The van der Waals surface area contributed by atoms with Crippen molar-refractivity contribution in [1.29, 1.82) is 0 Å². The van der Waals surface area contributed by atoms with Gasteiger partial charge in [0.05, 0.1) is 30.8 Å². The second kappa shape index (κ2) is 10.4. The quantitative estimate of drug-likeness (QED) is 0.410. The molecule has 2 fully saturated rings. The van der Waals surface area contributed by atoms with Gasteiger partial charge in [-0.25, -0.2) is 9.97 Å². The minimum absolute atomic E-state index is 0.768. The number of anilines is 1. The Kier molecular flexibility index (Phi) is 6.68. The molecule has 0 radical (unpaired) electrons. The number of nitrogens with zero attached hydrogens (tertiary/aromatic N) is 6. The largest absolute Gasteiger partial charge is 0.379 e. The highest BCUT2D eigenvalue weighted by molar-refractivity contribution is 7.17. The summed E-state index contributed by atoms with van der Waals surface area (Å²) in [6, 6.07) is 16.8. The van der Waals surface area contributed by atoms with Gasteiger partial charge in [-0.05, 0) is 17.7 Å². The fourth-order valence-electron chi connectivity index (χ4n) is 4.89. The maximum absolute atomic E-state index is 5.53. The molecule has 7 nitrogen and oxygen atoms in total. The Bertz CT molecular complexity index is 1250. The summed E-state index contributed by atoms with van der Waals surface area (Å²) in [5.41, 5.74) is 3.58. The standard InChI is InChI=1S/C27H30N6OS/c1-2-6-21(7-3-1)23-20-35-27-25(23)26(29-24(30-27)19-32-14-16-34-17-15-32)33-12-10-31(11-13-33)18-22-8-4-5-9-28-22/h1-9,20H,10-19H2. The van der Waals surface area contributed by atoms with Crippen LogP contribution in [0.2, 0.25) is 0 Å². The molecule has 180 valence electrons. The van der Waals surface area contributed by atoms with Gasteiger partial charge in [0.2, 0.25) is 0 Å². The number of fused-ring (bicyclic) bond motifs is 1. The molecule has 0 saturated carbocycles. The molecule has 0 spiro atoms. The number of rotatable bonds is 6. The van der Waals surface area contributed by atoms with Gasteiger partial charge in [0.25, 0.3) is 0 Å². The van der Waals surface area contributed by atoms with E-state index in [1.165, 1.54) is 16.5 Å². The zero-order valence-electron chi connectivity index (χ0n) is 19.8. The van der Waals surface area contributed by atoms with E-state index in [9.17, 15) is 0 Å². The van der Waals surface area contributed by atoms with E-state index in [-0.39, 0.29) is 0 Å². The summed E-state index contributed by atoms with van der Waals surface area (Å²) in [5.74, 6) is 1.99. The van der Waals surface area contributed by atoms with Crippen molar-refractivity contribution in [3.8, 4) is 11.1 Å². The van der Waals surface area contributed by atoms with Gasteiger partial charge in [0.1, 0.15) is 16.5 Å². The minimum atomic E-state index is 0.768. The third kappa shape index (κ3) is 5.06. The molecule has 0 amide bonds. The molecule has 2 saturated heterocycles. The number of piperazine rings is 1. The average Bonchev–Trinajstić information content (AvgIpc) is 3.35. The molecule has 0 atom stereocenters.